The average molecular weight is 244 g/mol. The van der Waals surface area contributed by atoms with Crippen molar-refractivity contribution in [2.75, 3.05) is 0 Å². The lowest BCUT2D eigenvalue weighted by atomic mass is 10.1. The highest BCUT2D eigenvalue weighted by atomic mass is 16.4. The molecule has 0 amide bonds. The fourth-order valence-electron chi connectivity index (χ4n) is 1.96. The maximum atomic E-state index is 10.7. The van der Waals surface area contributed by atoms with Crippen LogP contribution in [0.5, 0.6) is 0 Å². The summed E-state index contributed by atoms with van der Waals surface area (Å²) >= 11 is 0. The number of hydrogen-bond acceptors (Lipinski definition) is 2. The van der Waals surface area contributed by atoms with E-state index >= 15 is 0 Å². The molecule has 1 heterocycles. The van der Waals surface area contributed by atoms with Crippen molar-refractivity contribution in [3.8, 4) is 0 Å². The molecule has 0 aliphatic rings. The standard InChI is InChI=1S/C14H16N2O2/c1-10-8-16(11(2)15(10)3)9-12-4-6-13(7-5-12)14(17)18/h4-8H,9H2,1-3H3. The number of nitrogens with zero attached hydrogens (tertiary/aromatic N) is 2. The molecule has 4 nitrogen and oxygen atoms in total. The molecule has 0 N–H and O–H groups in total. The summed E-state index contributed by atoms with van der Waals surface area (Å²) in [6, 6.07) is 6.80. The molecule has 0 spiro atoms. The van der Waals surface area contributed by atoms with Crippen LogP contribution < -0.4 is 9.67 Å². The minimum atomic E-state index is -1.14. The molecule has 0 saturated heterocycles. The van der Waals surface area contributed by atoms with E-state index in [0.29, 0.717) is 0 Å². The Hall–Kier alpha value is -2.10. The highest BCUT2D eigenvalue weighted by molar-refractivity contribution is 5.85. The summed E-state index contributed by atoms with van der Waals surface area (Å²) in [5.74, 6) is 0.0254. The number of aryl methyl sites for hydroxylation is 1. The molecule has 18 heavy (non-hydrogen) atoms. The second kappa shape index (κ2) is 4.64. The predicted molar refractivity (Wildman–Crippen MR) is 65.0 cm³/mol. The highest BCUT2D eigenvalue weighted by Crippen LogP contribution is 2.05. The number of hydrogen-bond donors (Lipinski definition) is 0. The molecule has 2 rings (SSSR count). The lowest BCUT2D eigenvalue weighted by molar-refractivity contribution is -0.694. The van der Waals surface area contributed by atoms with Gasteiger partial charge in [-0.05, 0) is 11.1 Å². The topological polar surface area (TPSA) is 48.9 Å². The quantitative estimate of drug-likeness (QED) is 0.731. The maximum absolute atomic E-state index is 10.7. The van der Waals surface area contributed by atoms with Crippen molar-refractivity contribution in [3.05, 3.63) is 53.1 Å². The van der Waals surface area contributed by atoms with Crippen LogP contribution in [0.1, 0.15) is 27.4 Å². The van der Waals surface area contributed by atoms with Gasteiger partial charge in [0.15, 0.2) is 0 Å². The smallest absolute Gasteiger partial charge is 0.253 e. The van der Waals surface area contributed by atoms with Gasteiger partial charge >= 0.3 is 0 Å². The first kappa shape index (κ1) is 12.4. The SMILES string of the molecule is Cc1c[n+](Cc2ccc(C(=O)[O-])cc2)c(C)n1C. The van der Waals surface area contributed by atoms with Gasteiger partial charge in [0.1, 0.15) is 18.4 Å². The Morgan fingerprint density at radius 3 is 2.33 bits per heavy atom. The van der Waals surface area contributed by atoms with Gasteiger partial charge in [-0.25, -0.2) is 9.13 Å². The first-order chi connectivity index (χ1) is 8.49. The van der Waals surface area contributed by atoms with Gasteiger partial charge in [0, 0.05) is 13.8 Å². The molecule has 0 atom stereocenters. The average Bonchev–Trinajstić information content (AvgIpc) is 2.58. The third-order valence-electron chi connectivity index (χ3n) is 3.32. The molecular weight excluding hydrogens is 228 g/mol. The van der Waals surface area contributed by atoms with Crippen LogP contribution in [-0.2, 0) is 13.6 Å². The molecule has 0 aliphatic carbocycles. The summed E-state index contributed by atoms with van der Waals surface area (Å²) in [4.78, 5) is 10.7. The molecule has 0 unspecified atom stereocenters. The van der Waals surface area contributed by atoms with Crippen LogP contribution in [0.15, 0.2) is 30.5 Å². The number of carboxylic acids is 1. The van der Waals surface area contributed by atoms with E-state index in [4.69, 9.17) is 0 Å². The summed E-state index contributed by atoms with van der Waals surface area (Å²) < 4.78 is 4.26. The van der Waals surface area contributed by atoms with E-state index in [0.717, 1.165) is 17.9 Å². The fraction of sp³-hybridized carbons (Fsp3) is 0.286. The Kier molecular flexibility index (Phi) is 3.19. The number of rotatable bonds is 3. The number of carbonyl (C=O) groups excluding carboxylic acids is 1. The van der Waals surface area contributed by atoms with E-state index in [2.05, 4.69) is 29.2 Å². The lowest BCUT2D eigenvalue weighted by Gasteiger charge is -2.04. The van der Waals surface area contributed by atoms with Crippen molar-refractivity contribution in [3.63, 3.8) is 0 Å². The van der Waals surface area contributed by atoms with Crippen LogP contribution in [0.2, 0.25) is 0 Å². The first-order valence-electron chi connectivity index (χ1n) is 5.81. The normalized spacial score (nSPS) is 10.6. The van der Waals surface area contributed by atoms with Crippen molar-refractivity contribution in [2.24, 2.45) is 7.05 Å². The minimum absolute atomic E-state index is 0.213. The predicted octanol–water partition coefficient (Wildman–Crippen LogP) is 0.341. The molecule has 0 bridgehead atoms. The second-order valence-electron chi connectivity index (χ2n) is 4.49. The lowest BCUT2D eigenvalue weighted by Crippen LogP contribution is -2.35. The van der Waals surface area contributed by atoms with Crippen molar-refractivity contribution in [1.82, 2.24) is 4.57 Å². The number of carbonyl (C=O) groups is 1. The minimum Gasteiger partial charge on any atom is -0.545 e. The van der Waals surface area contributed by atoms with Gasteiger partial charge in [-0.2, -0.15) is 0 Å². The molecule has 0 fully saturated rings. The molecule has 2 aromatic rings. The van der Waals surface area contributed by atoms with E-state index in [1.807, 2.05) is 19.2 Å². The molecule has 0 aliphatic heterocycles. The largest absolute Gasteiger partial charge is 0.545 e. The van der Waals surface area contributed by atoms with Gasteiger partial charge in [-0.3, -0.25) is 0 Å². The van der Waals surface area contributed by atoms with Crippen LogP contribution in [0.3, 0.4) is 0 Å². The van der Waals surface area contributed by atoms with Crippen molar-refractivity contribution in [1.29, 1.82) is 0 Å². The van der Waals surface area contributed by atoms with Gasteiger partial charge in [0.05, 0.1) is 13.0 Å². The first-order valence-corrected chi connectivity index (χ1v) is 5.81. The molecule has 0 saturated carbocycles. The van der Waals surface area contributed by atoms with Crippen LogP contribution in [0, 0.1) is 13.8 Å². The van der Waals surface area contributed by atoms with Gasteiger partial charge in [-0.1, -0.05) is 24.3 Å². The number of benzene rings is 1. The zero-order valence-corrected chi connectivity index (χ0v) is 10.8. The van der Waals surface area contributed by atoms with Crippen molar-refractivity contribution >= 4 is 5.97 Å². The third kappa shape index (κ3) is 2.27. The number of aromatic carboxylic acids is 1. The highest BCUT2D eigenvalue weighted by Gasteiger charge is 2.13. The Morgan fingerprint density at radius 1 is 1.28 bits per heavy atom. The number of imidazole rings is 1. The fourth-order valence-corrected chi connectivity index (χ4v) is 1.96. The maximum Gasteiger partial charge on any atom is 0.253 e. The molecule has 94 valence electrons. The zero-order valence-electron chi connectivity index (χ0n) is 10.8. The van der Waals surface area contributed by atoms with E-state index in [1.165, 1.54) is 5.69 Å². The van der Waals surface area contributed by atoms with Crippen molar-refractivity contribution < 1.29 is 14.5 Å². The van der Waals surface area contributed by atoms with Gasteiger partial charge < -0.3 is 9.90 Å². The van der Waals surface area contributed by atoms with Crippen LogP contribution in [-0.4, -0.2) is 10.5 Å². The van der Waals surface area contributed by atoms with Gasteiger partial charge in [0.25, 0.3) is 5.82 Å². The van der Waals surface area contributed by atoms with Crippen LogP contribution in [0.25, 0.3) is 0 Å². The second-order valence-corrected chi connectivity index (χ2v) is 4.49. The molecule has 1 aromatic carbocycles. The van der Waals surface area contributed by atoms with Gasteiger partial charge in [0.2, 0.25) is 0 Å². The zero-order chi connectivity index (χ0) is 13.3. The molecular formula is C14H16N2O2. The molecule has 4 heteroatoms. The van der Waals surface area contributed by atoms with E-state index in [1.54, 1.807) is 12.1 Å². The van der Waals surface area contributed by atoms with E-state index in [-0.39, 0.29) is 5.56 Å². The summed E-state index contributed by atoms with van der Waals surface area (Å²) in [6.45, 7) is 4.85. The summed E-state index contributed by atoms with van der Waals surface area (Å²) in [5, 5.41) is 10.7. The van der Waals surface area contributed by atoms with E-state index in [9.17, 15) is 9.90 Å². The van der Waals surface area contributed by atoms with Crippen LogP contribution >= 0.6 is 0 Å². The Morgan fingerprint density at radius 2 is 1.89 bits per heavy atom. The number of aromatic nitrogens is 2. The van der Waals surface area contributed by atoms with Crippen molar-refractivity contribution in [2.45, 2.75) is 20.4 Å². The van der Waals surface area contributed by atoms with Crippen LogP contribution in [0.4, 0.5) is 0 Å². The molecule has 0 radical (unpaired) electrons. The Labute approximate surface area is 106 Å². The third-order valence-corrected chi connectivity index (χ3v) is 3.32. The number of carboxylic acid groups (broad SMARTS) is 1. The summed E-state index contributed by atoms with van der Waals surface area (Å²) in [5.41, 5.74) is 2.47. The Bertz CT molecular complexity index is 583. The molecule has 1 aromatic heterocycles. The van der Waals surface area contributed by atoms with E-state index < -0.39 is 5.97 Å². The Balaban J connectivity index is 2.23. The summed E-state index contributed by atoms with van der Waals surface area (Å²) in [7, 11) is 2.03. The summed E-state index contributed by atoms with van der Waals surface area (Å²) in [6.07, 6.45) is 2.09. The monoisotopic (exact) mass is 244 g/mol. The van der Waals surface area contributed by atoms with Gasteiger partial charge in [-0.15, -0.1) is 0 Å².